The van der Waals surface area contributed by atoms with Crippen LogP contribution in [0.3, 0.4) is 0 Å². The summed E-state index contributed by atoms with van der Waals surface area (Å²) in [6.45, 7) is 5.62. The molecule has 1 amide bonds. The van der Waals surface area contributed by atoms with Gasteiger partial charge in [-0.1, -0.05) is 23.4 Å². The summed E-state index contributed by atoms with van der Waals surface area (Å²) in [7, 11) is -2.04. The highest BCUT2D eigenvalue weighted by Crippen LogP contribution is 2.31. The molecule has 1 saturated heterocycles. The molecule has 0 aliphatic carbocycles. The number of benzene rings is 1. The van der Waals surface area contributed by atoms with Crippen LogP contribution in [0.1, 0.15) is 43.0 Å². The topological polar surface area (TPSA) is 96.9 Å². The van der Waals surface area contributed by atoms with Gasteiger partial charge in [0.2, 0.25) is 15.9 Å². The summed E-state index contributed by atoms with van der Waals surface area (Å²) in [4.78, 5) is 15.0. The Morgan fingerprint density at radius 3 is 2.71 bits per heavy atom. The molecule has 166 valence electrons. The number of furan rings is 1. The number of nitrogens with zero attached hydrogens (tertiary/aromatic N) is 3. The number of para-hydroxylation sites is 1. The third-order valence-corrected chi connectivity index (χ3v) is 8.19. The highest BCUT2D eigenvalue weighted by Gasteiger charge is 2.38. The number of carbonyl (C=O) groups is 1. The summed E-state index contributed by atoms with van der Waals surface area (Å²) in [5, 5.41) is 4.75. The standard InChI is InChI=1S/C22H27N3O5S/c1-14-21(16(3)30-23-14)31(27,28)25-11-7-9-18(13-25)22(26)24(4)15(2)20-12-17-8-5-6-10-19(17)29-20/h5-6,8,10,12,15,18H,7,9,11,13H2,1-4H3. The number of aromatic nitrogens is 1. The van der Waals surface area contributed by atoms with Gasteiger partial charge in [-0.2, -0.15) is 4.31 Å². The Morgan fingerprint density at radius 2 is 2.03 bits per heavy atom. The van der Waals surface area contributed by atoms with Crippen LogP contribution in [0, 0.1) is 19.8 Å². The highest BCUT2D eigenvalue weighted by molar-refractivity contribution is 7.89. The van der Waals surface area contributed by atoms with Crippen molar-refractivity contribution >= 4 is 26.9 Å². The summed E-state index contributed by atoms with van der Waals surface area (Å²) >= 11 is 0. The van der Waals surface area contributed by atoms with Crippen LogP contribution in [0.4, 0.5) is 0 Å². The maximum atomic E-state index is 13.3. The molecule has 9 heteroatoms. The predicted molar refractivity (Wildman–Crippen MR) is 115 cm³/mol. The van der Waals surface area contributed by atoms with Crippen LogP contribution < -0.4 is 0 Å². The van der Waals surface area contributed by atoms with Crippen LogP contribution in [0.5, 0.6) is 0 Å². The monoisotopic (exact) mass is 445 g/mol. The molecule has 2 atom stereocenters. The van der Waals surface area contributed by atoms with Crippen LogP contribution in [0.15, 0.2) is 44.2 Å². The molecule has 2 unspecified atom stereocenters. The molecule has 1 aliphatic rings. The van der Waals surface area contributed by atoms with Gasteiger partial charge in [-0.25, -0.2) is 8.42 Å². The fourth-order valence-corrected chi connectivity index (χ4v) is 6.03. The van der Waals surface area contributed by atoms with Gasteiger partial charge >= 0.3 is 0 Å². The minimum Gasteiger partial charge on any atom is -0.459 e. The first-order chi connectivity index (χ1) is 14.7. The third-order valence-electron chi connectivity index (χ3n) is 6.08. The first-order valence-electron chi connectivity index (χ1n) is 10.4. The number of hydrogen-bond donors (Lipinski definition) is 0. The molecule has 8 nitrogen and oxygen atoms in total. The number of carbonyl (C=O) groups excluding carboxylic acids is 1. The second-order valence-corrected chi connectivity index (χ2v) is 10.0. The van der Waals surface area contributed by atoms with E-state index in [1.54, 1.807) is 25.8 Å². The van der Waals surface area contributed by atoms with E-state index in [2.05, 4.69) is 5.16 Å². The lowest BCUT2D eigenvalue weighted by Gasteiger charge is -2.34. The van der Waals surface area contributed by atoms with Gasteiger partial charge in [-0.05, 0) is 45.7 Å². The first kappa shape index (κ1) is 21.6. The van der Waals surface area contributed by atoms with E-state index in [-0.39, 0.29) is 29.1 Å². The fourth-order valence-electron chi connectivity index (χ4n) is 4.21. The molecule has 2 aromatic heterocycles. The number of piperidine rings is 1. The predicted octanol–water partition coefficient (Wildman–Crippen LogP) is 3.66. The number of hydrogen-bond acceptors (Lipinski definition) is 6. The normalized spacial score (nSPS) is 18.9. The van der Waals surface area contributed by atoms with E-state index in [0.29, 0.717) is 30.8 Å². The van der Waals surface area contributed by atoms with Gasteiger partial charge in [-0.15, -0.1) is 0 Å². The summed E-state index contributed by atoms with van der Waals surface area (Å²) in [6.07, 6.45) is 1.26. The van der Waals surface area contributed by atoms with Crippen molar-refractivity contribution in [3.05, 3.63) is 47.5 Å². The Kier molecular flexibility index (Phi) is 5.65. The molecule has 0 bridgehead atoms. The Bertz CT molecular complexity index is 1160. The Hall–Kier alpha value is -2.65. The molecule has 1 aliphatic heterocycles. The lowest BCUT2D eigenvalue weighted by molar-refractivity contribution is -0.137. The molecule has 1 aromatic carbocycles. The fraction of sp³-hybridized carbons (Fsp3) is 0.455. The molecule has 3 heterocycles. The van der Waals surface area contributed by atoms with Crippen molar-refractivity contribution in [3.63, 3.8) is 0 Å². The molecule has 0 saturated carbocycles. The zero-order valence-electron chi connectivity index (χ0n) is 18.2. The molecule has 1 fully saturated rings. The molecule has 3 aromatic rings. The number of fused-ring (bicyclic) bond motifs is 1. The average Bonchev–Trinajstić information content (AvgIpc) is 3.35. The van der Waals surface area contributed by atoms with Crippen molar-refractivity contribution in [2.24, 2.45) is 5.92 Å². The third kappa shape index (κ3) is 3.87. The molecule has 0 radical (unpaired) electrons. The molecular weight excluding hydrogens is 418 g/mol. The summed E-state index contributed by atoms with van der Waals surface area (Å²) in [5.41, 5.74) is 1.11. The van der Waals surface area contributed by atoms with E-state index < -0.39 is 15.9 Å². The van der Waals surface area contributed by atoms with Gasteiger partial charge in [0.15, 0.2) is 5.76 Å². The zero-order valence-corrected chi connectivity index (χ0v) is 19.0. The molecule has 4 rings (SSSR count). The van der Waals surface area contributed by atoms with Crippen molar-refractivity contribution in [1.82, 2.24) is 14.4 Å². The molecule has 0 N–H and O–H groups in total. The number of aryl methyl sites for hydroxylation is 2. The Labute approximate surface area is 181 Å². The first-order valence-corrected chi connectivity index (χ1v) is 11.8. The van der Waals surface area contributed by atoms with Gasteiger partial charge in [0, 0.05) is 25.5 Å². The Morgan fingerprint density at radius 1 is 1.29 bits per heavy atom. The average molecular weight is 446 g/mol. The second-order valence-electron chi connectivity index (χ2n) is 8.17. The Balaban J connectivity index is 1.51. The van der Waals surface area contributed by atoms with Crippen LogP contribution in [-0.4, -0.2) is 48.8 Å². The lowest BCUT2D eigenvalue weighted by atomic mass is 9.97. The van der Waals surface area contributed by atoms with Gasteiger partial charge in [0.05, 0.1) is 12.0 Å². The number of rotatable bonds is 5. The number of sulfonamides is 1. The maximum Gasteiger partial charge on any atom is 0.248 e. The second kappa shape index (κ2) is 8.12. The van der Waals surface area contributed by atoms with Gasteiger partial charge < -0.3 is 13.8 Å². The SMILES string of the molecule is Cc1noc(C)c1S(=O)(=O)N1CCCC(C(=O)N(C)C(C)c2cc3ccccc3o2)C1. The largest absolute Gasteiger partial charge is 0.459 e. The quantitative estimate of drug-likeness (QED) is 0.595. The van der Waals surface area contributed by atoms with E-state index in [0.717, 1.165) is 11.0 Å². The van der Waals surface area contributed by atoms with Crippen LogP contribution in [0.2, 0.25) is 0 Å². The van der Waals surface area contributed by atoms with E-state index in [4.69, 9.17) is 8.94 Å². The number of amides is 1. The smallest absolute Gasteiger partial charge is 0.248 e. The van der Waals surface area contributed by atoms with Crippen molar-refractivity contribution in [1.29, 1.82) is 0 Å². The van der Waals surface area contributed by atoms with E-state index in [1.165, 1.54) is 4.31 Å². The van der Waals surface area contributed by atoms with E-state index >= 15 is 0 Å². The minimum absolute atomic E-state index is 0.0911. The van der Waals surface area contributed by atoms with E-state index in [1.807, 2.05) is 37.3 Å². The minimum atomic E-state index is -3.77. The van der Waals surface area contributed by atoms with Crippen molar-refractivity contribution in [2.75, 3.05) is 20.1 Å². The van der Waals surface area contributed by atoms with Gasteiger partial charge in [0.25, 0.3) is 0 Å². The lowest BCUT2D eigenvalue weighted by Crippen LogP contribution is -2.46. The van der Waals surface area contributed by atoms with Crippen LogP contribution in [0.25, 0.3) is 11.0 Å². The maximum absolute atomic E-state index is 13.3. The molecular formula is C22H27N3O5S. The molecule has 0 spiro atoms. The summed E-state index contributed by atoms with van der Waals surface area (Å²) in [5.74, 6) is 0.460. The highest BCUT2D eigenvalue weighted by atomic mass is 32.2. The zero-order chi connectivity index (χ0) is 22.3. The van der Waals surface area contributed by atoms with E-state index in [9.17, 15) is 13.2 Å². The van der Waals surface area contributed by atoms with Gasteiger partial charge in [0.1, 0.15) is 21.9 Å². The van der Waals surface area contributed by atoms with Crippen molar-refractivity contribution < 1.29 is 22.2 Å². The van der Waals surface area contributed by atoms with Crippen molar-refractivity contribution in [3.8, 4) is 0 Å². The van der Waals surface area contributed by atoms with Crippen LogP contribution in [-0.2, 0) is 14.8 Å². The molecule has 31 heavy (non-hydrogen) atoms. The van der Waals surface area contributed by atoms with Gasteiger partial charge in [-0.3, -0.25) is 4.79 Å². The van der Waals surface area contributed by atoms with Crippen LogP contribution >= 0.6 is 0 Å². The summed E-state index contributed by atoms with van der Waals surface area (Å²) < 4.78 is 38.7. The van der Waals surface area contributed by atoms with Crippen molar-refractivity contribution in [2.45, 2.75) is 44.6 Å². The summed E-state index contributed by atoms with van der Waals surface area (Å²) in [6, 6.07) is 9.39.